The van der Waals surface area contributed by atoms with E-state index in [-0.39, 0.29) is 6.04 Å². The van der Waals surface area contributed by atoms with Gasteiger partial charge in [0.05, 0.1) is 24.3 Å². The van der Waals surface area contributed by atoms with Gasteiger partial charge in [-0.3, -0.25) is 9.97 Å². The van der Waals surface area contributed by atoms with Gasteiger partial charge in [0.2, 0.25) is 0 Å². The van der Waals surface area contributed by atoms with Gasteiger partial charge in [-0.15, -0.1) is 0 Å². The molecule has 0 amide bonds. The maximum Gasteiger partial charge on any atom is 0.0956 e. The summed E-state index contributed by atoms with van der Waals surface area (Å²) in [4.78, 5) is 12.4. The molecule has 0 aliphatic heterocycles. The lowest BCUT2D eigenvalue weighted by Crippen LogP contribution is -2.08. The molecule has 2 N–H and O–H groups in total. The van der Waals surface area contributed by atoms with Gasteiger partial charge in [0.1, 0.15) is 0 Å². The normalized spacial score (nSPS) is 12.2. The lowest BCUT2D eigenvalue weighted by molar-refractivity contribution is 0.643. The van der Waals surface area contributed by atoms with E-state index in [0.29, 0.717) is 5.69 Å². The fourth-order valence-corrected chi connectivity index (χ4v) is 2.24. The Labute approximate surface area is 117 Å². The molecule has 5 nitrogen and oxygen atoms in total. The van der Waals surface area contributed by atoms with E-state index < -0.39 is 0 Å². The van der Waals surface area contributed by atoms with Crippen molar-refractivity contribution in [2.75, 3.05) is 5.73 Å². The lowest BCUT2D eigenvalue weighted by Gasteiger charge is -2.17. The van der Waals surface area contributed by atoms with Crippen molar-refractivity contribution < 1.29 is 0 Å². The Morgan fingerprint density at radius 1 is 1.00 bits per heavy atom. The first-order valence-corrected chi connectivity index (χ1v) is 6.39. The topological polar surface area (TPSA) is 69.6 Å². The fourth-order valence-electron chi connectivity index (χ4n) is 2.24. The van der Waals surface area contributed by atoms with Crippen molar-refractivity contribution in [3.63, 3.8) is 0 Å². The molecule has 100 valence electrons. The standard InChI is InChI=1S/C15H15N5/c1-11(12-2-5-17-6-3-12)20-10-19-9-15(20)13-8-18-7-4-14(13)16/h2-11H,1H3,(H2,16,18). The summed E-state index contributed by atoms with van der Waals surface area (Å²) in [5, 5.41) is 0. The highest BCUT2D eigenvalue weighted by Crippen LogP contribution is 2.28. The van der Waals surface area contributed by atoms with Crippen LogP contribution in [0.15, 0.2) is 55.5 Å². The van der Waals surface area contributed by atoms with Crippen LogP contribution in [0.25, 0.3) is 11.3 Å². The van der Waals surface area contributed by atoms with Crippen molar-refractivity contribution in [2.24, 2.45) is 0 Å². The van der Waals surface area contributed by atoms with Crippen LogP contribution in [0.5, 0.6) is 0 Å². The molecular formula is C15H15N5. The van der Waals surface area contributed by atoms with Crippen LogP contribution in [-0.2, 0) is 0 Å². The number of pyridine rings is 2. The van der Waals surface area contributed by atoms with Gasteiger partial charge in [0.25, 0.3) is 0 Å². The molecule has 0 aliphatic rings. The van der Waals surface area contributed by atoms with Gasteiger partial charge in [0.15, 0.2) is 0 Å². The maximum atomic E-state index is 6.03. The molecule has 0 saturated heterocycles. The average Bonchev–Trinajstić information content (AvgIpc) is 2.97. The zero-order valence-electron chi connectivity index (χ0n) is 11.1. The number of hydrogen-bond acceptors (Lipinski definition) is 4. The molecule has 0 saturated carbocycles. The van der Waals surface area contributed by atoms with E-state index >= 15 is 0 Å². The van der Waals surface area contributed by atoms with Crippen LogP contribution < -0.4 is 5.73 Å². The van der Waals surface area contributed by atoms with Gasteiger partial charge in [-0.1, -0.05) is 0 Å². The Bertz CT molecular complexity index is 705. The van der Waals surface area contributed by atoms with Crippen LogP contribution in [0, 0.1) is 0 Å². The molecule has 5 heteroatoms. The van der Waals surface area contributed by atoms with Crippen molar-refractivity contribution in [1.82, 2.24) is 19.5 Å². The second-order valence-electron chi connectivity index (χ2n) is 4.61. The minimum Gasteiger partial charge on any atom is -0.398 e. The Balaban J connectivity index is 2.05. The first kappa shape index (κ1) is 12.3. The summed E-state index contributed by atoms with van der Waals surface area (Å²) in [5.41, 5.74) is 9.75. The van der Waals surface area contributed by atoms with Gasteiger partial charge >= 0.3 is 0 Å². The van der Waals surface area contributed by atoms with Crippen molar-refractivity contribution in [3.8, 4) is 11.3 Å². The van der Waals surface area contributed by atoms with Crippen LogP contribution in [0.2, 0.25) is 0 Å². The number of nitrogens with zero attached hydrogens (tertiary/aromatic N) is 4. The first-order valence-electron chi connectivity index (χ1n) is 6.39. The molecule has 1 atom stereocenters. The van der Waals surface area contributed by atoms with E-state index in [0.717, 1.165) is 11.3 Å². The summed E-state index contributed by atoms with van der Waals surface area (Å²) in [6.07, 6.45) is 10.7. The smallest absolute Gasteiger partial charge is 0.0956 e. The summed E-state index contributed by atoms with van der Waals surface area (Å²) in [6.45, 7) is 2.12. The number of hydrogen-bond donors (Lipinski definition) is 1. The highest BCUT2D eigenvalue weighted by molar-refractivity contribution is 5.72. The van der Waals surface area contributed by atoms with Crippen LogP contribution >= 0.6 is 0 Å². The number of anilines is 1. The van der Waals surface area contributed by atoms with Crippen LogP contribution in [0.1, 0.15) is 18.5 Å². The molecule has 0 fully saturated rings. The molecule has 0 bridgehead atoms. The molecule has 20 heavy (non-hydrogen) atoms. The van der Waals surface area contributed by atoms with E-state index in [1.54, 1.807) is 30.9 Å². The van der Waals surface area contributed by atoms with Gasteiger partial charge in [-0.05, 0) is 30.7 Å². The molecule has 3 aromatic heterocycles. The van der Waals surface area contributed by atoms with E-state index in [9.17, 15) is 0 Å². The van der Waals surface area contributed by atoms with Crippen molar-refractivity contribution in [1.29, 1.82) is 0 Å². The van der Waals surface area contributed by atoms with Crippen LogP contribution in [0.3, 0.4) is 0 Å². The van der Waals surface area contributed by atoms with Crippen molar-refractivity contribution in [3.05, 3.63) is 61.1 Å². The molecular weight excluding hydrogens is 250 g/mol. The molecule has 0 aromatic carbocycles. The number of nitrogens with two attached hydrogens (primary N) is 1. The minimum absolute atomic E-state index is 0.148. The Hall–Kier alpha value is -2.69. The van der Waals surface area contributed by atoms with E-state index in [1.807, 2.05) is 24.7 Å². The van der Waals surface area contributed by atoms with Gasteiger partial charge in [-0.2, -0.15) is 0 Å². The highest BCUT2D eigenvalue weighted by Gasteiger charge is 2.14. The zero-order valence-corrected chi connectivity index (χ0v) is 11.1. The van der Waals surface area contributed by atoms with Gasteiger partial charge in [0, 0.05) is 36.0 Å². The lowest BCUT2D eigenvalue weighted by atomic mass is 10.1. The van der Waals surface area contributed by atoms with Gasteiger partial charge < -0.3 is 10.3 Å². The summed E-state index contributed by atoms with van der Waals surface area (Å²) in [5.74, 6) is 0. The van der Waals surface area contributed by atoms with E-state index in [1.165, 1.54) is 5.56 Å². The fraction of sp³-hybridized carbons (Fsp3) is 0.133. The molecule has 3 heterocycles. The molecule has 0 aliphatic carbocycles. The molecule has 0 spiro atoms. The van der Waals surface area contributed by atoms with Crippen molar-refractivity contribution >= 4 is 5.69 Å². The summed E-state index contributed by atoms with van der Waals surface area (Å²) >= 11 is 0. The quantitative estimate of drug-likeness (QED) is 0.790. The zero-order chi connectivity index (χ0) is 13.9. The summed E-state index contributed by atoms with van der Waals surface area (Å²) in [7, 11) is 0. The van der Waals surface area contributed by atoms with Crippen LogP contribution in [0.4, 0.5) is 5.69 Å². The van der Waals surface area contributed by atoms with E-state index in [4.69, 9.17) is 5.73 Å². The second-order valence-corrected chi connectivity index (χ2v) is 4.61. The average molecular weight is 265 g/mol. The Morgan fingerprint density at radius 3 is 2.50 bits per heavy atom. The molecule has 3 rings (SSSR count). The van der Waals surface area contributed by atoms with Crippen molar-refractivity contribution in [2.45, 2.75) is 13.0 Å². The first-order chi connectivity index (χ1) is 9.77. The predicted octanol–water partition coefficient (Wildman–Crippen LogP) is 2.53. The largest absolute Gasteiger partial charge is 0.398 e. The SMILES string of the molecule is CC(c1ccncc1)n1cncc1-c1cnccc1N. The summed E-state index contributed by atoms with van der Waals surface area (Å²) in [6, 6.07) is 5.95. The second kappa shape index (κ2) is 5.13. The third-order valence-corrected chi connectivity index (χ3v) is 3.40. The maximum absolute atomic E-state index is 6.03. The summed E-state index contributed by atoms with van der Waals surface area (Å²) < 4.78 is 2.09. The predicted molar refractivity (Wildman–Crippen MR) is 77.9 cm³/mol. The minimum atomic E-state index is 0.148. The van der Waals surface area contributed by atoms with E-state index in [2.05, 4.69) is 26.4 Å². The number of imidazole rings is 1. The third kappa shape index (κ3) is 2.14. The number of nitrogen functional groups attached to an aromatic ring is 1. The number of rotatable bonds is 3. The number of aromatic nitrogens is 4. The monoisotopic (exact) mass is 265 g/mol. The third-order valence-electron chi connectivity index (χ3n) is 3.40. The molecule has 1 unspecified atom stereocenters. The molecule has 0 radical (unpaired) electrons. The Kier molecular flexibility index (Phi) is 3.16. The van der Waals surface area contributed by atoms with Crippen LogP contribution in [-0.4, -0.2) is 19.5 Å². The highest BCUT2D eigenvalue weighted by atomic mass is 15.1. The molecule has 3 aromatic rings. The Morgan fingerprint density at radius 2 is 1.75 bits per heavy atom. The van der Waals surface area contributed by atoms with Gasteiger partial charge in [-0.25, -0.2) is 4.98 Å².